The number of nitrogens with one attached hydrogen (secondary N) is 2. The quantitative estimate of drug-likeness (QED) is 0.0322. The van der Waals surface area contributed by atoms with Crippen LogP contribution in [-0.4, -0.2) is 170 Å². The third-order valence-electron chi connectivity index (χ3n) is 8.54. The zero-order valence-electron chi connectivity index (χ0n) is 38.9. The second-order valence-electron chi connectivity index (χ2n) is 14.3. The van der Waals surface area contributed by atoms with E-state index in [1.165, 1.54) is 85.9 Å². The van der Waals surface area contributed by atoms with Crippen molar-refractivity contribution in [2.75, 3.05) is 96.1 Å². The standard InChI is InChI=1S/C34H48N12O14S4.4K/c1-21(47)19-45(5)33-39-29(37-31(41-33)43(3)13-15-61(49,50)51)35-25-11-9-23(27(17-25)63(55,56)57)7-8-24-10-12-26(18-28(24)64(58,59)60)36-30-38-32(44(4)14-16-62(52,53)54)42-34(40-30)46(6)20-22(2)48;;;;/h7-12,17-18,21-22,47-48H,13-16,19-20H2,1-6H3,(H,49,50,51)(H,52,53,54)(H,55,56,57)(H,58,59,60)(H,35,37,39,41)(H,36,38,40,42);;;;/q;4*+1/p-4/b8-7+;;;;. The molecule has 68 heavy (non-hydrogen) atoms. The molecule has 0 aliphatic heterocycles. The molecular weight excluding hydrogens is 1090 g/mol. The van der Waals surface area contributed by atoms with Gasteiger partial charge in [-0.2, -0.15) is 29.9 Å². The van der Waals surface area contributed by atoms with Crippen LogP contribution in [-0.2, 0) is 40.5 Å². The topological polar surface area (TPSA) is 384 Å². The van der Waals surface area contributed by atoms with Gasteiger partial charge in [0.2, 0.25) is 35.7 Å². The molecule has 2 unspecified atom stereocenters. The van der Waals surface area contributed by atoms with Crippen LogP contribution in [0.3, 0.4) is 0 Å². The molecule has 4 rings (SSSR count). The summed E-state index contributed by atoms with van der Waals surface area (Å²) in [7, 11) is -13.8. The van der Waals surface area contributed by atoms with Crippen molar-refractivity contribution in [3.05, 3.63) is 47.5 Å². The van der Waals surface area contributed by atoms with Crippen molar-refractivity contribution in [1.29, 1.82) is 0 Å². The fraction of sp³-hybridized carbons (Fsp3) is 0.412. The number of anilines is 8. The van der Waals surface area contributed by atoms with E-state index in [1.54, 1.807) is 0 Å². The number of aliphatic hydroxyl groups excluding tert-OH is 2. The second-order valence-corrected chi connectivity index (χ2v) is 20.1. The monoisotopic (exact) mass is 1130 g/mol. The Balaban J connectivity index is 0.0000112. The number of rotatable bonds is 22. The molecule has 2 aromatic heterocycles. The number of hydrogen-bond acceptors (Lipinski definition) is 26. The summed E-state index contributed by atoms with van der Waals surface area (Å²) in [6.07, 6.45) is 0.483. The summed E-state index contributed by atoms with van der Waals surface area (Å²) >= 11 is 0. The van der Waals surface area contributed by atoms with Gasteiger partial charge in [0.25, 0.3) is 0 Å². The molecule has 26 nitrogen and oxygen atoms in total. The van der Waals surface area contributed by atoms with Gasteiger partial charge in [-0.15, -0.1) is 0 Å². The van der Waals surface area contributed by atoms with Crippen LogP contribution in [0.25, 0.3) is 12.2 Å². The van der Waals surface area contributed by atoms with Crippen LogP contribution in [0.4, 0.5) is 47.1 Å². The minimum absolute atomic E-state index is 0. The molecular formula is C34H44K4N12O14S4. The zero-order chi connectivity index (χ0) is 47.9. The van der Waals surface area contributed by atoms with Gasteiger partial charge in [-0.25, -0.2) is 33.7 Å². The van der Waals surface area contributed by atoms with Crippen molar-refractivity contribution in [2.24, 2.45) is 0 Å². The van der Waals surface area contributed by atoms with Gasteiger partial charge < -0.3 is 58.7 Å². The summed E-state index contributed by atoms with van der Waals surface area (Å²) in [6.45, 7) is 2.47. The van der Waals surface area contributed by atoms with E-state index in [2.05, 4.69) is 40.5 Å². The first-order valence-electron chi connectivity index (χ1n) is 18.5. The van der Waals surface area contributed by atoms with Crippen LogP contribution in [0.2, 0.25) is 0 Å². The molecule has 34 heteroatoms. The van der Waals surface area contributed by atoms with E-state index in [1.807, 2.05) is 0 Å². The Hall–Kier alpha value is 1.11. The number of aromatic nitrogens is 6. The Kier molecular flexibility index (Phi) is 30.5. The number of likely N-dealkylation sites (N-methyl/N-ethyl adjacent to an activating group) is 2. The van der Waals surface area contributed by atoms with Gasteiger partial charge in [0.15, 0.2) is 0 Å². The van der Waals surface area contributed by atoms with Gasteiger partial charge in [-0.3, -0.25) is 0 Å². The van der Waals surface area contributed by atoms with Crippen molar-refractivity contribution in [3.63, 3.8) is 0 Å². The van der Waals surface area contributed by atoms with E-state index < -0.39 is 74.0 Å². The smallest absolute Gasteiger partial charge is 0.748 e. The molecule has 0 saturated carbocycles. The fourth-order valence-electron chi connectivity index (χ4n) is 5.53. The van der Waals surface area contributed by atoms with Gasteiger partial charge in [0, 0.05) is 65.7 Å². The molecule has 0 fully saturated rings. The van der Waals surface area contributed by atoms with E-state index >= 15 is 0 Å². The van der Waals surface area contributed by atoms with Crippen molar-refractivity contribution < 1.29 is 268 Å². The summed E-state index contributed by atoms with van der Waals surface area (Å²) in [6, 6.07) is 6.87. The minimum atomic E-state index is -5.25. The van der Waals surface area contributed by atoms with Crippen LogP contribution in [0.5, 0.6) is 0 Å². The number of benzene rings is 2. The predicted molar refractivity (Wildman–Crippen MR) is 230 cm³/mol. The Morgan fingerprint density at radius 2 is 0.824 bits per heavy atom. The van der Waals surface area contributed by atoms with Gasteiger partial charge in [0.1, 0.15) is 20.2 Å². The van der Waals surface area contributed by atoms with Crippen molar-refractivity contribution >= 4 is 99.7 Å². The normalized spacial score (nSPS) is 12.6. The maximum Gasteiger partial charge on any atom is 1.00 e. The molecule has 0 aliphatic rings. The molecule has 2 aromatic carbocycles. The van der Waals surface area contributed by atoms with E-state index in [0.29, 0.717) is 0 Å². The minimum Gasteiger partial charge on any atom is -0.748 e. The molecule has 0 amide bonds. The Bertz CT molecular complexity index is 2630. The van der Waals surface area contributed by atoms with Gasteiger partial charge >= 0.3 is 206 Å². The SMILES string of the molecule is CC(O)CN(C)c1nc(Nc2ccc(/C=C/c3ccc(Nc4nc(N(C)CCS(=O)(=O)[O-])nc(N(C)CC(C)O)n4)cc3S(=O)(=O)[O-])c(S(=O)(=O)[O-])c2)nc(N(C)CCS(=O)(=O)[O-])n1.[K+].[K+].[K+].[K+]. The van der Waals surface area contributed by atoms with Crippen LogP contribution < -0.4 is 236 Å². The summed E-state index contributed by atoms with van der Waals surface area (Å²) in [5.74, 6) is -2.27. The predicted octanol–water partition coefficient (Wildman–Crippen LogP) is -12.9. The van der Waals surface area contributed by atoms with Crippen molar-refractivity contribution in [1.82, 2.24) is 29.9 Å². The van der Waals surface area contributed by atoms with Crippen LogP contribution in [0.15, 0.2) is 46.2 Å². The summed E-state index contributed by atoms with van der Waals surface area (Å²) in [5.41, 5.74) is -0.548. The average Bonchev–Trinajstić information content (AvgIpc) is 3.16. The largest absolute Gasteiger partial charge is 1.00 e. The molecule has 4 aromatic rings. The third-order valence-corrected chi connectivity index (χ3v) is 11.7. The van der Waals surface area contributed by atoms with E-state index in [4.69, 9.17) is 0 Å². The van der Waals surface area contributed by atoms with Gasteiger partial charge in [-0.1, -0.05) is 24.3 Å². The first-order chi connectivity index (χ1) is 29.5. The number of nitrogens with zero attached hydrogens (tertiary/aromatic N) is 10. The Labute approximate surface area is 565 Å². The molecule has 0 spiro atoms. The molecule has 2 heterocycles. The molecule has 0 bridgehead atoms. The average molecular weight is 1130 g/mol. The molecule has 4 N–H and O–H groups in total. The molecule has 352 valence electrons. The summed E-state index contributed by atoms with van der Waals surface area (Å²) in [4.78, 5) is 29.3. The van der Waals surface area contributed by atoms with E-state index in [9.17, 15) is 62.1 Å². The maximum absolute atomic E-state index is 12.5. The van der Waals surface area contributed by atoms with Gasteiger partial charge in [-0.05, 0) is 49.2 Å². The summed E-state index contributed by atoms with van der Waals surface area (Å²) < 4.78 is 143. The van der Waals surface area contributed by atoms with Crippen molar-refractivity contribution in [2.45, 2.75) is 35.8 Å². The Morgan fingerprint density at radius 1 is 0.529 bits per heavy atom. The summed E-state index contributed by atoms with van der Waals surface area (Å²) in [5, 5.41) is 25.3. The number of hydrogen-bond donors (Lipinski definition) is 4. The van der Waals surface area contributed by atoms with E-state index in [-0.39, 0.29) is 290 Å². The maximum atomic E-state index is 12.5. The van der Waals surface area contributed by atoms with Crippen LogP contribution >= 0.6 is 0 Å². The second kappa shape index (κ2) is 30.0. The zero-order valence-corrected chi connectivity index (χ0v) is 54.7. The van der Waals surface area contributed by atoms with Gasteiger partial charge in [0.05, 0.1) is 53.7 Å². The molecule has 0 aliphatic carbocycles. The molecule has 2 atom stereocenters. The third kappa shape index (κ3) is 23.3. The first kappa shape index (κ1) is 69.1. The first-order valence-corrected chi connectivity index (χ1v) is 24.5. The molecule has 0 saturated heterocycles. The Morgan fingerprint density at radius 3 is 1.09 bits per heavy atom. The number of aliphatic hydroxyl groups is 2. The van der Waals surface area contributed by atoms with E-state index in [0.717, 1.165) is 24.3 Å². The fourth-order valence-corrected chi connectivity index (χ4v) is 7.91. The van der Waals surface area contributed by atoms with Crippen molar-refractivity contribution in [3.8, 4) is 0 Å². The molecule has 0 radical (unpaired) electrons. The van der Waals surface area contributed by atoms with Crippen LogP contribution in [0, 0.1) is 0 Å². The van der Waals surface area contributed by atoms with Crippen LogP contribution in [0.1, 0.15) is 25.0 Å².